The fourth-order valence-electron chi connectivity index (χ4n) is 1.56. The van der Waals surface area contributed by atoms with Crippen LogP contribution in [0, 0.1) is 0 Å². The fraction of sp³-hybridized carbons (Fsp3) is 0.267. The lowest BCUT2D eigenvalue weighted by molar-refractivity contribution is -0.117. The summed E-state index contributed by atoms with van der Waals surface area (Å²) in [5, 5.41) is 12.0. The van der Waals surface area contributed by atoms with Gasteiger partial charge in [0, 0.05) is 6.08 Å². The van der Waals surface area contributed by atoms with Crippen LogP contribution in [0.3, 0.4) is 0 Å². The van der Waals surface area contributed by atoms with Gasteiger partial charge >= 0.3 is 0 Å². The Bertz CT molecular complexity index is 410. The first-order chi connectivity index (χ1) is 8.76. The van der Waals surface area contributed by atoms with Crippen LogP contribution in [0.2, 0.25) is 0 Å². The van der Waals surface area contributed by atoms with E-state index >= 15 is 0 Å². The molecule has 3 nitrogen and oxygen atoms in total. The van der Waals surface area contributed by atoms with Gasteiger partial charge in [-0.1, -0.05) is 48.6 Å². The second-order valence-electron chi connectivity index (χ2n) is 3.96. The van der Waals surface area contributed by atoms with Gasteiger partial charge < -0.3 is 10.4 Å². The first-order valence-electron chi connectivity index (χ1n) is 6.01. The van der Waals surface area contributed by atoms with Crippen molar-refractivity contribution in [3.63, 3.8) is 0 Å². The van der Waals surface area contributed by atoms with Gasteiger partial charge in [0.25, 0.3) is 0 Å². The maximum absolute atomic E-state index is 11.5. The number of aliphatic hydroxyl groups excluding tert-OH is 1. The summed E-state index contributed by atoms with van der Waals surface area (Å²) in [5.41, 5.74) is 1.09. The average Bonchev–Trinajstić information content (AvgIpc) is 2.39. The predicted molar refractivity (Wildman–Crippen MR) is 73.1 cm³/mol. The SMILES string of the molecule is C/C=C/C=C/C(=O)N[C@H](CO)Cc1ccccc1. The third kappa shape index (κ3) is 5.46. The highest BCUT2D eigenvalue weighted by Crippen LogP contribution is 2.02. The van der Waals surface area contributed by atoms with Gasteiger partial charge in [-0.15, -0.1) is 0 Å². The van der Waals surface area contributed by atoms with Crippen molar-refractivity contribution >= 4 is 5.91 Å². The second-order valence-corrected chi connectivity index (χ2v) is 3.96. The lowest BCUT2D eigenvalue weighted by Gasteiger charge is -2.15. The molecular weight excluding hydrogens is 226 g/mol. The molecule has 1 rings (SSSR count). The van der Waals surface area contributed by atoms with E-state index in [1.165, 1.54) is 6.08 Å². The van der Waals surface area contributed by atoms with Gasteiger partial charge in [-0.25, -0.2) is 0 Å². The molecular formula is C15H19NO2. The molecule has 0 unspecified atom stereocenters. The molecule has 0 aliphatic carbocycles. The molecule has 0 aliphatic rings. The van der Waals surface area contributed by atoms with Crippen molar-refractivity contribution in [2.24, 2.45) is 0 Å². The van der Waals surface area contributed by atoms with Crippen molar-refractivity contribution in [3.05, 3.63) is 60.2 Å². The Morgan fingerprint density at radius 3 is 2.67 bits per heavy atom. The summed E-state index contributed by atoms with van der Waals surface area (Å²) < 4.78 is 0. The van der Waals surface area contributed by atoms with Crippen LogP contribution < -0.4 is 5.32 Å². The van der Waals surface area contributed by atoms with Crippen LogP contribution in [0.1, 0.15) is 12.5 Å². The minimum Gasteiger partial charge on any atom is -0.394 e. The van der Waals surface area contributed by atoms with Crippen LogP contribution in [0.5, 0.6) is 0 Å². The number of nitrogens with one attached hydrogen (secondary N) is 1. The largest absolute Gasteiger partial charge is 0.394 e. The van der Waals surface area contributed by atoms with Crippen LogP contribution in [-0.4, -0.2) is 23.7 Å². The Balaban J connectivity index is 2.49. The minimum absolute atomic E-state index is 0.0713. The number of carbonyl (C=O) groups excluding carboxylic acids is 1. The topological polar surface area (TPSA) is 49.3 Å². The summed E-state index contributed by atoms with van der Waals surface area (Å²) >= 11 is 0. The maximum atomic E-state index is 11.5. The molecule has 0 aromatic heterocycles. The normalized spacial score (nSPS) is 13.0. The molecule has 1 amide bonds. The Morgan fingerprint density at radius 2 is 2.06 bits per heavy atom. The molecule has 96 valence electrons. The highest BCUT2D eigenvalue weighted by atomic mass is 16.3. The molecule has 1 aromatic carbocycles. The maximum Gasteiger partial charge on any atom is 0.244 e. The van der Waals surface area contributed by atoms with E-state index in [0.717, 1.165) is 5.56 Å². The quantitative estimate of drug-likeness (QED) is 0.593. The molecule has 18 heavy (non-hydrogen) atoms. The Kier molecular flexibility index (Phi) is 6.51. The van der Waals surface area contributed by atoms with Gasteiger partial charge in [0.1, 0.15) is 0 Å². The fourth-order valence-corrected chi connectivity index (χ4v) is 1.56. The Labute approximate surface area is 108 Å². The first kappa shape index (κ1) is 14.2. The zero-order chi connectivity index (χ0) is 13.2. The zero-order valence-corrected chi connectivity index (χ0v) is 10.5. The van der Waals surface area contributed by atoms with Gasteiger partial charge in [0.2, 0.25) is 5.91 Å². The molecule has 1 aromatic rings. The molecule has 0 spiro atoms. The van der Waals surface area contributed by atoms with Gasteiger partial charge in [-0.3, -0.25) is 4.79 Å². The molecule has 1 atom stereocenters. The van der Waals surface area contributed by atoms with Gasteiger partial charge in [0.15, 0.2) is 0 Å². The average molecular weight is 245 g/mol. The van der Waals surface area contributed by atoms with Crippen molar-refractivity contribution in [3.8, 4) is 0 Å². The summed E-state index contributed by atoms with van der Waals surface area (Å²) in [6.45, 7) is 1.81. The van der Waals surface area contributed by atoms with Crippen molar-refractivity contribution < 1.29 is 9.90 Å². The Hall–Kier alpha value is -1.87. The first-order valence-corrected chi connectivity index (χ1v) is 6.01. The molecule has 0 radical (unpaired) electrons. The van der Waals surface area contributed by atoms with E-state index in [1.807, 2.05) is 43.3 Å². The van der Waals surface area contributed by atoms with E-state index < -0.39 is 0 Å². The van der Waals surface area contributed by atoms with Crippen molar-refractivity contribution in [1.29, 1.82) is 0 Å². The number of carbonyl (C=O) groups is 1. The third-order valence-electron chi connectivity index (χ3n) is 2.44. The number of rotatable bonds is 6. The second kappa shape index (κ2) is 8.25. The summed E-state index contributed by atoms with van der Waals surface area (Å²) in [7, 11) is 0. The molecule has 0 saturated heterocycles. The summed E-state index contributed by atoms with van der Waals surface area (Å²) in [5.74, 6) is -0.192. The van der Waals surface area contributed by atoms with E-state index in [-0.39, 0.29) is 18.6 Å². The molecule has 2 N–H and O–H groups in total. The van der Waals surface area contributed by atoms with Crippen LogP contribution in [-0.2, 0) is 11.2 Å². The minimum atomic E-state index is -0.254. The van der Waals surface area contributed by atoms with E-state index in [2.05, 4.69) is 5.32 Å². The summed E-state index contributed by atoms with van der Waals surface area (Å²) in [4.78, 5) is 11.5. The van der Waals surface area contributed by atoms with Crippen LogP contribution >= 0.6 is 0 Å². The molecule has 0 bridgehead atoms. The van der Waals surface area contributed by atoms with Gasteiger partial charge in [-0.2, -0.15) is 0 Å². The summed E-state index contributed by atoms with van der Waals surface area (Å²) in [6.07, 6.45) is 7.38. The number of aliphatic hydroxyl groups is 1. The molecule has 3 heteroatoms. The Morgan fingerprint density at radius 1 is 1.33 bits per heavy atom. The van der Waals surface area contributed by atoms with Crippen molar-refractivity contribution in [2.45, 2.75) is 19.4 Å². The lowest BCUT2D eigenvalue weighted by atomic mass is 10.1. The number of allylic oxidation sites excluding steroid dienone is 3. The van der Waals surface area contributed by atoms with Crippen molar-refractivity contribution in [2.75, 3.05) is 6.61 Å². The van der Waals surface area contributed by atoms with Crippen molar-refractivity contribution in [1.82, 2.24) is 5.32 Å². The van der Waals surface area contributed by atoms with E-state index in [1.54, 1.807) is 12.2 Å². The smallest absolute Gasteiger partial charge is 0.244 e. The van der Waals surface area contributed by atoms with Crippen LogP contribution in [0.15, 0.2) is 54.6 Å². The number of benzene rings is 1. The highest BCUT2D eigenvalue weighted by molar-refractivity contribution is 5.88. The standard InChI is InChI=1S/C15H19NO2/c1-2-3-5-10-15(18)16-14(12-17)11-13-8-6-4-7-9-13/h2-10,14,17H,11-12H2,1H3,(H,16,18)/b3-2+,10-5+/t14-/m0/s1. The predicted octanol–water partition coefficient (Wildman–Crippen LogP) is 1.84. The number of hydrogen-bond donors (Lipinski definition) is 2. The van der Waals surface area contributed by atoms with Crippen LogP contribution in [0.4, 0.5) is 0 Å². The third-order valence-corrected chi connectivity index (χ3v) is 2.44. The summed E-state index contributed by atoms with van der Waals surface area (Å²) in [6, 6.07) is 9.52. The van der Waals surface area contributed by atoms with E-state index in [0.29, 0.717) is 6.42 Å². The zero-order valence-electron chi connectivity index (χ0n) is 10.5. The molecule has 0 heterocycles. The monoisotopic (exact) mass is 245 g/mol. The molecule has 0 aliphatic heterocycles. The van der Waals surface area contributed by atoms with E-state index in [9.17, 15) is 9.90 Å². The molecule has 0 saturated carbocycles. The number of hydrogen-bond acceptors (Lipinski definition) is 2. The van der Waals surface area contributed by atoms with Gasteiger partial charge in [-0.05, 0) is 18.9 Å². The van der Waals surface area contributed by atoms with Crippen LogP contribution in [0.25, 0.3) is 0 Å². The molecule has 0 fully saturated rings. The number of amides is 1. The highest BCUT2D eigenvalue weighted by Gasteiger charge is 2.09. The lowest BCUT2D eigenvalue weighted by Crippen LogP contribution is -2.38. The van der Waals surface area contributed by atoms with Gasteiger partial charge in [0.05, 0.1) is 12.6 Å². The van der Waals surface area contributed by atoms with E-state index in [4.69, 9.17) is 0 Å².